The van der Waals surface area contributed by atoms with Crippen LogP contribution in [0.3, 0.4) is 0 Å². The second-order valence-electron chi connectivity index (χ2n) is 8.86. The minimum atomic E-state index is -0.338. The summed E-state index contributed by atoms with van der Waals surface area (Å²) in [6.45, 7) is 9.02. The highest BCUT2D eigenvalue weighted by atomic mass is 32.2. The minimum Gasteiger partial charge on any atom is -0.329 e. The van der Waals surface area contributed by atoms with Crippen molar-refractivity contribution >= 4 is 23.7 Å². The van der Waals surface area contributed by atoms with Gasteiger partial charge in [0.1, 0.15) is 0 Å². The molecule has 166 valence electrons. The van der Waals surface area contributed by atoms with Gasteiger partial charge in [-0.1, -0.05) is 74.5 Å². The van der Waals surface area contributed by atoms with Crippen LogP contribution in [-0.4, -0.2) is 50.4 Å². The third-order valence-electron chi connectivity index (χ3n) is 5.42. The molecule has 0 saturated carbocycles. The largest absolute Gasteiger partial charge is 0.329 e. The lowest BCUT2D eigenvalue weighted by atomic mass is 9.87. The number of hydrogen-bond donors (Lipinski definition) is 1. The highest BCUT2D eigenvalue weighted by molar-refractivity contribution is 7.99. The average molecular weight is 450 g/mol. The van der Waals surface area contributed by atoms with Crippen LogP contribution < -0.4 is 5.32 Å². The molecule has 0 unspecified atom stereocenters. The van der Waals surface area contributed by atoms with Gasteiger partial charge in [0.15, 0.2) is 11.0 Å². The lowest BCUT2D eigenvalue weighted by Crippen LogP contribution is -2.32. The number of aryl methyl sites for hydroxylation is 1. The van der Waals surface area contributed by atoms with Crippen LogP contribution in [0.25, 0.3) is 17.1 Å². The molecule has 0 radical (unpaired) electrons. The normalized spacial score (nSPS) is 14.2. The highest BCUT2D eigenvalue weighted by Gasteiger charge is 2.28. The number of aromatic nitrogens is 3. The summed E-state index contributed by atoms with van der Waals surface area (Å²) in [7, 11) is 0. The minimum absolute atomic E-state index is 0.0672. The van der Waals surface area contributed by atoms with Crippen molar-refractivity contribution in [3.8, 4) is 17.1 Å². The van der Waals surface area contributed by atoms with Crippen molar-refractivity contribution in [2.24, 2.45) is 0 Å². The molecule has 1 fully saturated rings. The van der Waals surface area contributed by atoms with E-state index in [9.17, 15) is 9.59 Å². The van der Waals surface area contributed by atoms with Gasteiger partial charge in [0, 0.05) is 23.5 Å². The Labute approximate surface area is 192 Å². The zero-order valence-corrected chi connectivity index (χ0v) is 19.6. The fraction of sp³-hybridized carbons (Fsp3) is 0.333. The van der Waals surface area contributed by atoms with Gasteiger partial charge in [0.2, 0.25) is 5.91 Å². The van der Waals surface area contributed by atoms with Gasteiger partial charge in [-0.05, 0) is 30.0 Å². The van der Waals surface area contributed by atoms with Gasteiger partial charge < -0.3 is 5.32 Å². The van der Waals surface area contributed by atoms with Crippen LogP contribution in [-0.2, 0) is 10.2 Å². The zero-order chi connectivity index (χ0) is 22.9. The molecule has 7 nitrogen and oxygen atoms in total. The Hall–Kier alpha value is -3.13. The van der Waals surface area contributed by atoms with Crippen LogP contribution in [0.15, 0.2) is 53.7 Å². The van der Waals surface area contributed by atoms with Crippen molar-refractivity contribution in [1.82, 2.24) is 25.0 Å². The van der Waals surface area contributed by atoms with Crippen LogP contribution in [0, 0.1) is 6.92 Å². The molecular formula is C24H27N5O2S. The molecule has 0 atom stereocenters. The number of rotatable bonds is 6. The second-order valence-corrected chi connectivity index (χ2v) is 9.92. The molecule has 2 aromatic carbocycles. The van der Waals surface area contributed by atoms with Crippen LogP contribution in [0.5, 0.6) is 0 Å². The smallest absolute Gasteiger partial charge is 0.324 e. The number of carbonyl (C=O) groups excluding carboxylic acids is 2. The first-order valence-electron chi connectivity index (χ1n) is 10.6. The average Bonchev–Trinajstić information content (AvgIpc) is 3.32. The molecule has 0 bridgehead atoms. The van der Waals surface area contributed by atoms with Crippen molar-refractivity contribution in [3.63, 3.8) is 0 Å². The predicted octanol–water partition coefficient (Wildman–Crippen LogP) is 4.18. The molecule has 3 amide bonds. The van der Waals surface area contributed by atoms with E-state index in [-0.39, 0.29) is 23.9 Å². The Morgan fingerprint density at radius 2 is 1.69 bits per heavy atom. The molecule has 1 saturated heterocycles. The highest BCUT2D eigenvalue weighted by Crippen LogP contribution is 2.30. The van der Waals surface area contributed by atoms with E-state index in [0.717, 1.165) is 22.2 Å². The third kappa shape index (κ3) is 4.55. The number of thioether (sulfide) groups is 1. The Kier molecular flexibility index (Phi) is 6.06. The van der Waals surface area contributed by atoms with E-state index in [4.69, 9.17) is 0 Å². The number of nitrogens with one attached hydrogen (secondary N) is 1. The summed E-state index contributed by atoms with van der Waals surface area (Å²) in [5.74, 6) is 1.09. The molecule has 2 heterocycles. The van der Waals surface area contributed by atoms with E-state index in [1.54, 1.807) is 0 Å². The van der Waals surface area contributed by atoms with Crippen LogP contribution in [0.4, 0.5) is 4.79 Å². The maximum atomic E-state index is 11.8. The van der Waals surface area contributed by atoms with Crippen molar-refractivity contribution in [2.75, 3.05) is 18.8 Å². The molecule has 0 aliphatic carbocycles. The first-order chi connectivity index (χ1) is 15.2. The topological polar surface area (TPSA) is 80.1 Å². The zero-order valence-electron chi connectivity index (χ0n) is 18.8. The van der Waals surface area contributed by atoms with E-state index in [1.807, 2.05) is 16.7 Å². The number of carbonyl (C=O) groups is 2. The van der Waals surface area contributed by atoms with Gasteiger partial charge in [-0.25, -0.2) is 4.79 Å². The van der Waals surface area contributed by atoms with Crippen molar-refractivity contribution in [2.45, 2.75) is 38.3 Å². The number of nitrogens with zero attached hydrogens (tertiary/aromatic N) is 4. The molecule has 32 heavy (non-hydrogen) atoms. The number of imide groups is 1. The fourth-order valence-electron chi connectivity index (χ4n) is 3.51. The maximum absolute atomic E-state index is 11.8. The number of benzene rings is 2. The molecular weight excluding hydrogens is 422 g/mol. The monoisotopic (exact) mass is 449 g/mol. The summed E-state index contributed by atoms with van der Waals surface area (Å²) in [4.78, 5) is 24.9. The Morgan fingerprint density at radius 3 is 2.28 bits per heavy atom. The molecule has 1 aliphatic rings. The lowest BCUT2D eigenvalue weighted by molar-refractivity contribution is -0.124. The third-order valence-corrected chi connectivity index (χ3v) is 6.33. The Morgan fingerprint density at radius 1 is 1.00 bits per heavy atom. The Bertz CT molecular complexity index is 1110. The van der Waals surface area contributed by atoms with E-state index in [0.29, 0.717) is 12.3 Å². The van der Waals surface area contributed by atoms with Gasteiger partial charge >= 0.3 is 6.03 Å². The summed E-state index contributed by atoms with van der Waals surface area (Å²) in [5.41, 5.74) is 4.44. The van der Waals surface area contributed by atoms with E-state index in [2.05, 4.69) is 79.6 Å². The summed E-state index contributed by atoms with van der Waals surface area (Å²) >= 11 is 1.48. The lowest BCUT2D eigenvalue weighted by Gasteiger charge is -2.19. The molecule has 0 spiro atoms. The second kappa shape index (κ2) is 8.78. The van der Waals surface area contributed by atoms with Crippen molar-refractivity contribution < 1.29 is 9.59 Å². The van der Waals surface area contributed by atoms with Crippen molar-refractivity contribution in [1.29, 1.82) is 0 Å². The van der Waals surface area contributed by atoms with Crippen LogP contribution in [0.1, 0.15) is 31.9 Å². The van der Waals surface area contributed by atoms with Gasteiger partial charge in [0.05, 0.1) is 6.54 Å². The summed E-state index contributed by atoms with van der Waals surface area (Å²) in [6.07, 6.45) is 0. The van der Waals surface area contributed by atoms with Crippen LogP contribution >= 0.6 is 11.8 Å². The first kappa shape index (κ1) is 22.1. The van der Waals surface area contributed by atoms with Gasteiger partial charge in [-0.3, -0.25) is 14.3 Å². The molecule has 1 aromatic heterocycles. The number of hydrogen-bond acceptors (Lipinski definition) is 5. The predicted molar refractivity (Wildman–Crippen MR) is 126 cm³/mol. The molecule has 4 rings (SSSR count). The summed E-state index contributed by atoms with van der Waals surface area (Å²) < 4.78 is 2.03. The Balaban J connectivity index is 1.64. The summed E-state index contributed by atoms with van der Waals surface area (Å²) in [5, 5.41) is 12.2. The van der Waals surface area contributed by atoms with Crippen LogP contribution in [0.2, 0.25) is 0 Å². The standard InChI is InChI=1S/C24H27N5O2S/c1-16-5-11-19(12-6-16)29-21(17-7-9-18(10-8-17)24(2,3)4)26-27-23(29)32-14-13-28-20(30)15-25-22(28)31/h5-12H,13-15H2,1-4H3,(H,25,31). The quantitative estimate of drug-likeness (QED) is 0.451. The number of urea groups is 1. The fourth-order valence-corrected chi connectivity index (χ4v) is 4.38. The van der Waals surface area contributed by atoms with E-state index >= 15 is 0 Å². The SMILES string of the molecule is Cc1ccc(-n2c(SCCN3C(=O)CNC3=O)nnc2-c2ccc(C(C)(C)C)cc2)cc1. The molecule has 1 N–H and O–H groups in total. The molecule has 8 heteroatoms. The molecule has 3 aromatic rings. The summed E-state index contributed by atoms with van der Waals surface area (Å²) in [6, 6.07) is 16.3. The van der Waals surface area contributed by atoms with Gasteiger partial charge in [0.25, 0.3) is 0 Å². The van der Waals surface area contributed by atoms with Gasteiger partial charge in [-0.2, -0.15) is 0 Å². The number of amides is 3. The van der Waals surface area contributed by atoms with Crippen molar-refractivity contribution in [3.05, 3.63) is 59.7 Å². The van der Waals surface area contributed by atoms with Gasteiger partial charge in [-0.15, -0.1) is 10.2 Å². The van der Waals surface area contributed by atoms with E-state index in [1.165, 1.54) is 27.8 Å². The first-order valence-corrected chi connectivity index (χ1v) is 11.6. The van der Waals surface area contributed by atoms with E-state index < -0.39 is 0 Å². The molecule has 1 aliphatic heterocycles. The maximum Gasteiger partial charge on any atom is 0.324 e.